The van der Waals surface area contributed by atoms with Gasteiger partial charge in [-0.3, -0.25) is 4.79 Å². The summed E-state index contributed by atoms with van der Waals surface area (Å²) in [6.45, 7) is 4.60. The molecule has 2 N–H and O–H groups in total. The van der Waals surface area contributed by atoms with Crippen LogP contribution >= 0.6 is 0 Å². The van der Waals surface area contributed by atoms with Crippen LogP contribution in [0.5, 0.6) is 23.0 Å². The van der Waals surface area contributed by atoms with Gasteiger partial charge in [0.2, 0.25) is 11.7 Å². The number of nitrogens with two attached hydrogens (primary N) is 1. The van der Waals surface area contributed by atoms with Gasteiger partial charge in [-0.25, -0.2) is 9.69 Å². The lowest BCUT2D eigenvalue weighted by Gasteiger charge is -2.27. The molecule has 2 aromatic rings. The molecule has 0 saturated heterocycles. The highest BCUT2D eigenvalue weighted by Gasteiger charge is 2.31. The van der Waals surface area contributed by atoms with Crippen molar-refractivity contribution in [3.05, 3.63) is 47.5 Å². The van der Waals surface area contributed by atoms with Crippen molar-refractivity contribution in [3.63, 3.8) is 0 Å². The average Bonchev–Trinajstić information content (AvgIpc) is 2.85. The second-order valence-electron chi connectivity index (χ2n) is 8.40. The molecule has 10 nitrogen and oxygen atoms in total. The molecule has 2 rings (SSSR count). The summed E-state index contributed by atoms with van der Waals surface area (Å²) < 4.78 is 27.1. The van der Waals surface area contributed by atoms with E-state index in [1.807, 2.05) is 6.07 Å². The Hall–Kier alpha value is -4.23. The van der Waals surface area contributed by atoms with Gasteiger partial charge in [-0.05, 0) is 61.7 Å². The van der Waals surface area contributed by atoms with Crippen LogP contribution in [0.1, 0.15) is 31.9 Å². The van der Waals surface area contributed by atoms with Crippen molar-refractivity contribution < 1.29 is 33.3 Å². The summed E-state index contributed by atoms with van der Waals surface area (Å²) in [5.41, 5.74) is 6.37. The number of hydrogen-bond donors (Lipinski definition) is 1. The minimum atomic E-state index is -0.910. The number of hydrogen-bond acceptors (Lipinski definition) is 9. The summed E-state index contributed by atoms with van der Waals surface area (Å²) in [5.74, 6) is 0.697. The first-order valence-electron chi connectivity index (χ1n) is 10.9. The Morgan fingerprint density at radius 2 is 1.53 bits per heavy atom. The Morgan fingerprint density at radius 3 is 1.97 bits per heavy atom. The molecule has 0 aliphatic heterocycles. The van der Waals surface area contributed by atoms with E-state index in [9.17, 15) is 14.9 Å². The topological polar surface area (TPSA) is 133 Å². The fourth-order valence-electron chi connectivity index (χ4n) is 3.40. The maximum Gasteiger partial charge on any atom is 0.421 e. The molecule has 0 heterocycles. The molecule has 0 unspecified atom stereocenters. The van der Waals surface area contributed by atoms with Crippen molar-refractivity contribution in [1.82, 2.24) is 0 Å². The average molecular weight is 498 g/mol. The molecule has 0 aliphatic rings. The Bertz CT molecular complexity index is 1170. The number of imide groups is 1. The van der Waals surface area contributed by atoms with Crippen LogP contribution in [-0.4, -0.2) is 52.6 Å². The van der Waals surface area contributed by atoms with Gasteiger partial charge in [-0.15, -0.1) is 0 Å². The number of carbonyl (C=O) groups is 2. The van der Waals surface area contributed by atoms with E-state index in [4.69, 9.17) is 29.4 Å². The standard InChI is InChI=1S/C26H31N3O7/c1-26(2,3)36-25(31)29(23(30)15-28)19-12-16(8-9-20(19)32-4)18(10-11-27)17-13-21(33-5)24(35-7)22(14-17)34-6/h8-10,12-14H,15,28H2,1-7H3. The SMILES string of the molecule is COc1ccc(C(=CC#N)c2cc(OC)c(OC)c(OC)c2)cc1N(C(=O)CN)C(=O)OC(C)(C)C. The zero-order valence-corrected chi connectivity index (χ0v) is 21.5. The van der Waals surface area contributed by atoms with Gasteiger partial charge >= 0.3 is 6.09 Å². The van der Waals surface area contributed by atoms with Gasteiger partial charge in [0, 0.05) is 6.08 Å². The van der Waals surface area contributed by atoms with E-state index in [0.29, 0.717) is 33.9 Å². The molecule has 0 radical (unpaired) electrons. The van der Waals surface area contributed by atoms with Crippen LogP contribution in [0.25, 0.3) is 5.57 Å². The molecule has 0 bridgehead atoms. The quantitative estimate of drug-likeness (QED) is 0.539. The smallest absolute Gasteiger partial charge is 0.421 e. The number of nitrogens with zero attached hydrogens (tertiary/aromatic N) is 2. The zero-order chi connectivity index (χ0) is 27.0. The second kappa shape index (κ2) is 12.0. The molecule has 2 amide bonds. The van der Waals surface area contributed by atoms with E-state index in [0.717, 1.165) is 4.90 Å². The predicted molar refractivity (Wildman–Crippen MR) is 135 cm³/mol. The summed E-state index contributed by atoms with van der Waals surface area (Å²) >= 11 is 0. The molecule has 36 heavy (non-hydrogen) atoms. The molecule has 192 valence electrons. The Balaban J connectivity index is 2.77. The van der Waals surface area contributed by atoms with Crippen molar-refractivity contribution in [3.8, 4) is 29.1 Å². The number of amides is 2. The lowest BCUT2D eigenvalue weighted by atomic mass is 9.96. The van der Waals surface area contributed by atoms with E-state index < -0.39 is 24.1 Å². The van der Waals surface area contributed by atoms with E-state index in [2.05, 4.69) is 0 Å². The molecule has 2 aromatic carbocycles. The lowest BCUT2D eigenvalue weighted by Crippen LogP contribution is -2.44. The van der Waals surface area contributed by atoms with Crippen LogP contribution in [0.4, 0.5) is 10.5 Å². The van der Waals surface area contributed by atoms with E-state index in [-0.39, 0.29) is 11.4 Å². The third kappa shape index (κ3) is 6.25. The highest BCUT2D eigenvalue weighted by atomic mass is 16.6. The van der Waals surface area contributed by atoms with Gasteiger partial charge in [0.25, 0.3) is 0 Å². The summed E-state index contributed by atoms with van der Waals surface area (Å²) in [5, 5.41) is 9.54. The first kappa shape index (κ1) is 28.0. The molecule has 0 spiro atoms. The van der Waals surface area contributed by atoms with Crippen molar-refractivity contribution >= 4 is 23.3 Å². The number of allylic oxidation sites excluding steroid dienone is 1. The molecule has 0 aromatic heterocycles. The normalized spacial score (nSPS) is 11.2. The monoisotopic (exact) mass is 497 g/mol. The van der Waals surface area contributed by atoms with Crippen molar-refractivity contribution in [2.75, 3.05) is 39.9 Å². The fraction of sp³-hybridized carbons (Fsp3) is 0.346. The number of ether oxygens (including phenoxy) is 5. The number of carbonyl (C=O) groups excluding carboxylic acids is 2. The first-order chi connectivity index (χ1) is 17.0. The van der Waals surface area contributed by atoms with Crippen LogP contribution in [-0.2, 0) is 9.53 Å². The summed E-state index contributed by atoms with van der Waals surface area (Å²) in [7, 11) is 5.86. The Kier molecular flexibility index (Phi) is 9.30. The van der Waals surface area contributed by atoms with Crippen molar-refractivity contribution in [2.45, 2.75) is 26.4 Å². The molecule has 10 heteroatoms. The van der Waals surface area contributed by atoms with Gasteiger partial charge in [0.1, 0.15) is 11.4 Å². The molecule has 0 atom stereocenters. The van der Waals surface area contributed by atoms with Crippen LogP contribution in [0.2, 0.25) is 0 Å². The molecular weight excluding hydrogens is 466 g/mol. The van der Waals surface area contributed by atoms with Crippen LogP contribution < -0.4 is 29.6 Å². The van der Waals surface area contributed by atoms with E-state index >= 15 is 0 Å². The van der Waals surface area contributed by atoms with Gasteiger partial charge in [0.05, 0.1) is 46.7 Å². The van der Waals surface area contributed by atoms with Gasteiger partial charge < -0.3 is 29.4 Å². The second-order valence-corrected chi connectivity index (χ2v) is 8.40. The lowest BCUT2D eigenvalue weighted by molar-refractivity contribution is -0.117. The number of methoxy groups -OCH3 is 4. The van der Waals surface area contributed by atoms with Gasteiger partial charge in [-0.2, -0.15) is 5.26 Å². The van der Waals surface area contributed by atoms with Crippen molar-refractivity contribution in [1.29, 1.82) is 5.26 Å². The highest BCUT2D eigenvalue weighted by molar-refractivity contribution is 6.14. The number of anilines is 1. The predicted octanol–water partition coefficient (Wildman–Crippen LogP) is 3.90. The third-order valence-electron chi connectivity index (χ3n) is 4.92. The van der Waals surface area contributed by atoms with Crippen LogP contribution in [0.3, 0.4) is 0 Å². The number of rotatable bonds is 8. The minimum absolute atomic E-state index is 0.107. The Morgan fingerprint density at radius 1 is 0.944 bits per heavy atom. The number of nitriles is 1. The Labute approximate surface area is 210 Å². The maximum atomic E-state index is 13.0. The fourth-order valence-corrected chi connectivity index (χ4v) is 3.40. The number of benzene rings is 2. The van der Waals surface area contributed by atoms with E-state index in [1.165, 1.54) is 34.5 Å². The van der Waals surface area contributed by atoms with Crippen LogP contribution in [0.15, 0.2) is 36.4 Å². The summed E-state index contributed by atoms with van der Waals surface area (Å²) in [6.07, 6.45) is 0.418. The maximum absolute atomic E-state index is 13.0. The highest BCUT2D eigenvalue weighted by Crippen LogP contribution is 2.42. The van der Waals surface area contributed by atoms with Gasteiger partial charge in [-0.1, -0.05) is 6.07 Å². The first-order valence-corrected chi connectivity index (χ1v) is 10.9. The van der Waals surface area contributed by atoms with E-state index in [1.54, 1.807) is 51.1 Å². The molecular formula is C26H31N3O7. The summed E-state index contributed by atoms with van der Waals surface area (Å²) in [4.78, 5) is 26.6. The zero-order valence-electron chi connectivity index (χ0n) is 21.5. The van der Waals surface area contributed by atoms with Crippen molar-refractivity contribution in [2.24, 2.45) is 5.73 Å². The largest absolute Gasteiger partial charge is 0.495 e. The third-order valence-corrected chi connectivity index (χ3v) is 4.92. The minimum Gasteiger partial charge on any atom is -0.495 e. The molecule has 0 aliphatic carbocycles. The van der Waals surface area contributed by atoms with Crippen LogP contribution in [0, 0.1) is 11.3 Å². The van der Waals surface area contributed by atoms with Gasteiger partial charge in [0.15, 0.2) is 11.5 Å². The molecule has 0 saturated carbocycles. The molecule has 0 fully saturated rings. The summed E-state index contributed by atoms with van der Waals surface area (Å²) in [6, 6.07) is 10.2.